The summed E-state index contributed by atoms with van der Waals surface area (Å²) in [6.07, 6.45) is 7.69. The molecule has 0 aromatic carbocycles. The number of hydrogen-bond acceptors (Lipinski definition) is 3. The smallest absolute Gasteiger partial charge is 0.191 e. The molecule has 1 aliphatic rings. The van der Waals surface area contributed by atoms with Gasteiger partial charge < -0.3 is 19.8 Å². The van der Waals surface area contributed by atoms with Gasteiger partial charge in [-0.25, -0.2) is 0 Å². The number of guanidine groups is 1. The lowest BCUT2D eigenvalue weighted by molar-refractivity contribution is 0.178. The molecule has 3 atom stereocenters. The molecule has 3 unspecified atom stereocenters. The summed E-state index contributed by atoms with van der Waals surface area (Å²) in [5.41, 5.74) is 0. The van der Waals surface area contributed by atoms with Crippen LogP contribution in [0.25, 0.3) is 0 Å². The summed E-state index contributed by atoms with van der Waals surface area (Å²) in [4.78, 5) is 4.73. The van der Waals surface area contributed by atoms with E-state index in [2.05, 4.69) is 24.5 Å². The molecule has 2 rings (SSSR count). The average Bonchev–Trinajstić information content (AvgIpc) is 3.03. The van der Waals surface area contributed by atoms with Crippen molar-refractivity contribution in [3.63, 3.8) is 0 Å². The van der Waals surface area contributed by atoms with Crippen molar-refractivity contribution in [1.82, 2.24) is 10.6 Å². The van der Waals surface area contributed by atoms with Crippen molar-refractivity contribution >= 4 is 29.9 Å². The van der Waals surface area contributed by atoms with Crippen LogP contribution in [0.1, 0.15) is 45.3 Å². The topological polar surface area (TPSA) is 58.8 Å². The Hall–Kier alpha value is -0.760. The van der Waals surface area contributed by atoms with Crippen LogP contribution in [0.5, 0.6) is 0 Å². The first-order chi connectivity index (χ1) is 11.2. The van der Waals surface area contributed by atoms with E-state index in [0.717, 1.165) is 18.1 Å². The monoisotopic (exact) mass is 449 g/mol. The molecule has 1 saturated carbocycles. The van der Waals surface area contributed by atoms with Gasteiger partial charge in [0.1, 0.15) is 5.76 Å². The van der Waals surface area contributed by atoms with Crippen LogP contribution in [0.3, 0.4) is 0 Å². The lowest BCUT2D eigenvalue weighted by Crippen LogP contribution is -2.50. The van der Waals surface area contributed by atoms with Crippen molar-refractivity contribution in [2.75, 3.05) is 20.3 Å². The van der Waals surface area contributed by atoms with Gasteiger partial charge in [-0.2, -0.15) is 0 Å². The molecular formula is C18H32IN3O2. The zero-order valence-corrected chi connectivity index (χ0v) is 17.4. The summed E-state index contributed by atoms with van der Waals surface area (Å²) in [5, 5.41) is 7.08. The van der Waals surface area contributed by atoms with E-state index in [0.29, 0.717) is 25.1 Å². The third-order valence-corrected chi connectivity index (χ3v) is 4.44. The molecule has 6 heteroatoms. The van der Waals surface area contributed by atoms with Crippen molar-refractivity contribution in [3.05, 3.63) is 24.2 Å². The minimum atomic E-state index is 0. The minimum Gasteiger partial charge on any atom is -0.469 e. The Balaban J connectivity index is 0.00000288. The molecule has 138 valence electrons. The molecule has 1 aliphatic carbocycles. The van der Waals surface area contributed by atoms with Crippen LogP contribution < -0.4 is 10.6 Å². The van der Waals surface area contributed by atoms with Gasteiger partial charge in [0.15, 0.2) is 5.96 Å². The van der Waals surface area contributed by atoms with Crippen molar-refractivity contribution in [2.24, 2.45) is 10.9 Å². The van der Waals surface area contributed by atoms with Crippen molar-refractivity contribution in [1.29, 1.82) is 0 Å². The molecule has 0 bridgehead atoms. The quantitative estimate of drug-likeness (QED) is 0.380. The van der Waals surface area contributed by atoms with E-state index in [1.165, 1.54) is 25.7 Å². The molecular weight excluding hydrogens is 417 g/mol. The van der Waals surface area contributed by atoms with Crippen molar-refractivity contribution < 1.29 is 9.15 Å². The van der Waals surface area contributed by atoms with E-state index < -0.39 is 0 Å². The summed E-state index contributed by atoms with van der Waals surface area (Å²) >= 11 is 0. The standard InChI is InChI=1S/C18H31N3O2.HI/c1-14-7-4-5-9-17(14)21-18(20-15(2)13-22-3)19-11-10-16-8-6-12-23-16;/h6,8,12,14-15,17H,4-5,7,9-11,13H2,1-3H3,(H2,19,20,21);1H. The van der Waals surface area contributed by atoms with Gasteiger partial charge in [-0.1, -0.05) is 19.8 Å². The van der Waals surface area contributed by atoms with Gasteiger partial charge in [0.25, 0.3) is 0 Å². The largest absolute Gasteiger partial charge is 0.469 e. The summed E-state index contributed by atoms with van der Waals surface area (Å²) in [6, 6.07) is 4.65. The summed E-state index contributed by atoms with van der Waals surface area (Å²) in [6.45, 7) is 5.82. The molecule has 1 fully saturated rings. The average molecular weight is 449 g/mol. The number of nitrogens with one attached hydrogen (secondary N) is 2. The zero-order valence-electron chi connectivity index (χ0n) is 15.1. The van der Waals surface area contributed by atoms with E-state index in [1.807, 2.05) is 12.1 Å². The third-order valence-electron chi connectivity index (χ3n) is 4.44. The molecule has 1 aromatic heterocycles. The number of furan rings is 1. The van der Waals surface area contributed by atoms with E-state index in [1.54, 1.807) is 13.4 Å². The number of hydrogen-bond donors (Lipinski definition) is 2. The SMILES string of the molecule is COCC(C)NC(=NCCc1ccco1)NC1CCCCC1C.I. The zero-order chi connectivity index (χ0) is 16.5. The molecule has 24 heavy (non-hydrogen) atoms. The molecule has 0 spiro atoms. The van der Waals surface area contributed by atoms with Gasteiger partial charge in [-0.15, -0.1) is 24.0 Å². The number of methoxy groups -OCH3 is 1. The maximum absolute atomic E-state index is 5.37. The Bertz CT molecular complexity index is 465. The van der Waals surface area contributed by atoms with Crippen molar-refractivity contribution in [2.45, 2.75) is 58.0 Å². The molecule has 0 amide bonds. The Kier molecular flexibility index (Phi) is 10.4. The molecule has 1 heterocycles. The highest BCUT2D eigenvalue weighted by Crippen LogP contribution is 2.23. The summed E-state index contributed by atoms with van der Waals surface area (Å²) in [7, 11) is 1.72. The lowest BCUT2D eigenvalue weighted by Gasteiger charge is -2.31. The van der Waals surface area contributed by atoms with Crippen LogP contribution in [0.2, 0.25) is 0 Å². The van der Waals surface area contributed by atoms with E-state index in [-0.39, 0.29) is 30.0 Å². The predicted molar refractivity (Wildman–Crippen MR) is 109 cm³/mol. The fourth-order valence-electron chi connectivity index (χ4n) is 3.10. The van der Waals surface area contributed by atoms with E-state index in [9.17, 15) is 0 Å². The van der Waals surface area contributed by atoms with E-state index >= 15 is 0 Å². The highest BCUT2D eigenvalue weighted by molar-refractivity contribution is 14.0. The molecule has 0 saturated heterocycles. The first kappa shape index (κ1) is 21.3. The van der Waals surface area contributed by atoms with Gasteiger partial charge in [-0.3, -0.25) is 4.99 Å². The van der Waals surface area contributed by atoms with Gasteiger partial charge in [0, 0.05) is 32.2 Å². The highest BCUT2D eigenvalue weighted by Gasteiger charge is 2.22. The third kappa shape index (κ3) is 7.42. The molecule has 5 nitrogen and oxygen atoms in total. The molecule has 0 radical (unpaired) electrons. The molecule has 1 aromatic rings. The maximum Gasteiger partial charge on any atom is 0.191 e. The van der Waals surface area contributed by atoms with Crippen LogP contribution in [0, 0.1) is 5.92 Å². The lowest BCUT2D eigenvalue weighted by atomic mass is 9.86. The van der Waals surface area contributed by atoms with Crippen LogP contribution in [0.4, 0.5) is 0 Å². The second-order valence-electron chi connectivity index (χ2n) is 6.57. The summed E-state index contributed by atoms with van der Waals surface area (Å²) in [5.74, 6) is 2.56. The Morgan fingerprint density at radius 1 is 1.42 bits per heavy atom. The number of rotatable bonds is 7. The number of halogens is 1. The Morgan fingerprint density at radius 3 is 2.88 bits per heavy atom. The summed E-state index contributed by atoms with van der Waals surface area (Å²) < 4.78 is 10.6. The molecule has 2 N–H and O–H groups in total. The maximum atomic E-state index is 5.37. The molecule has 0 aliphatic heterocycles. The van der Waals surface area contributed by atoms with Gasteiger partial charge in [-0.05, 0) is 37.8 Å². The van der Waals surface area contributed by atoms with Gasteiger partial charge >= 0.3 is 0 Å². The van der Waals surface area contributed by atoms with Crippen LogP contribution >= 0.6 is 24.0 Å². The van der Waals surface area contributed by atoms with Gasteiger partial charge in [0.2, 0.25) is 0 Å². The predicted octanol–water partition coefficient (Wildman–Crippen LogP) is 3.59. The fraction of sp³-hybridized carbons (Fsp3) is 0.722. The minimum absolute atomic E-state index is 0. The second kappa shape index (κ2) is 11.7. The second-order valence-corrected chi connectivity index (χ2v) is 6.57. The Morgan fingerprint density at radius 2 is 2.21 bits per heavy atom. The van der Waals surface area contributed by atoms with E-state index in [4.69, 9.17) is 14.1 Å². The Labute approximate surface area is 163 Å². The highest BCUT2D eigenvalue weighted by atomic mass is 127. The fourth-order valence-corrected chi connectivity index (χ4v) is 3.10. The van der Waals surface area contributed by atoms with Crippen molar-refractivity contribution in [3.8, 4) is 0 Å². The van der Waals surface area contributed by atoms with Crippen LogP contribution in [0.15, 0.2) is 27.8 Å². The first-order valence-electron chi connectivity index (χ1n) is 8.78. The number of ether oxygens (including phenoxy) is 1. The van der Waals surface area contributed by atoms with Gasteiger partial charge in [0.05, 0.1) is 12.9 Å². The van der Waals surface area contributed by atoms with Crippen LogP contribution in [-0.4, -0.2) is 38.3 Å². The number of aliphatic imine (C=N–C) groups is 1. The first-order valence-corrected chi connectivity index (χ1v) is 8.78. The number of nitrogens with zero attached hydrogens (tertiary/aromatic N) is 1. The van der Waals surface area contributed by atoms with Crippen LogP contribution in [-0.2, 0) is 11.2 Å². The normalized spacial score (nSPS) is 22.5.